The molecule has 0 saturated carbocycles. The molecular weight excluding hydrogens is 185 g/mol. The molecule has 14 heavy (non-hydrogen) atoms. The molecule has 0 N–H and O–H groups in total. The van der Waals surface area contributed by atoms with Gasteiger partial charge in [0.25, 0.3) is 0 Å². The van der Waals surface area contributed by atoms with Crippen molar-refractivity contribution in [3.05, 3.63) is 29.1 Å². The minimum atomic E-state index is -0.543. The van der Waals surface area contributed by atoms with Crippen molar-refractivity contribution in [3.8, 4) is 11.8 Å². The van der Waals surface area contributed by atoms with Gasteiger partial charge in [-0.1, -0.05) is 0 Å². The highest BCUT2D eigenvalue weighted by Gasteiger charge is 2.10. The highest BCUT2D eigenvalue weighted by atomic mass is 19.1. The maximum Gasteiger partial charge on any atom is 0.172 e. The molecule has 0 heterocycles. The molecule has 0 atom stereocenters. The van der Waals surface area contributed by atoms with E-state index < -0.39 is 5.82 Å². The number of benzene rings is 1. The van der Waals surface area contributed by atoms with Gasteiger partial charge in [-0.2, -0.15) is 5.26 Å². The summed E-state index contributed by atoms with van der Waals surface area (Å²) in [6.45, 7) is 0.273. The second-order valence-corrected chi connectivity index (χ2v) is 2.70. The van der Waals surface area contributed by atoms with E-state index in [1.54, 1.807) is 6.07 Å². The Morgan fingerprint density at radius 1 is 1.43 bits per heavy atom. The number of rotatable bonds is 3. The zero-order valence-corrected chi connectivity index (χ0v) is 8.00. The normalized spacial score (nSPS) is 9.57. The maximum absolute atomic E-state index is 13.3. The van der Waals surface area contributed by atoms with E-state index in [2.05, 4.69) is 0 Å². The van der Waals surface area contributed by atoms with Crippen LogP contribution in [-0.2, 0) is 11.3 Å². The molecular formula is C10H10FNO2. The molecule has 0 amide bonds. The third-order valence-electron chi connectivity index (χ3n) is 1.74. The Morgan fingerprint density at radius 2 is 2.14 bits per heavy atom. The quantitative estimate of drug-likeness (QED) is 0.739. The highest BCUT2D eigenvalue weighted by molar-refractivity contribution is 5.46. The lowest BCUT2D eigenvalue weighted by atomic mass is 10.1. The van der Waals surface area contributed by atoms with Crippen molar-refractivity contribution in [2.75, 3.05) is 14.2 Å². The second-order valence-electron chi connectivity index (χ2n) is 2.70. The molecule has 0 unspecified atom stereocenters. The Balaban J connectivity index is 3.19. The average Bonchev–Trinajstić information content (AvgIpc) is 2.17. The number of halogens is 1. The van der Waals surface area contributed by atoms with Crippen LogP contribution in [0.4, 0.5) is 4.39 Å². The third-order valence-corrected chi connectivity index (χ3v) is 1.74. The molecule has 0 spiro atoms. The molecule has 0 aliphatic carbocycles. The first-order chi connectivity index (χ1) is 6.72. The van der Waals surface area contributed by atoms with Crippen molar-refractivity contribution in [2.45, 2.75) is 6.61 Å². The van der Waals surface area contributed by atoms with Crippen LogP contribution in [0.3, 0.4) is 0 Å². The van der Waals surface area contributed by atoms with E-state index in [0.29, 0.717) is 5.56 Å². The molecule has 1 aromatic carbocycles. The molecule has 0 aromatic heterocycles. The lowest BCUT2D eigenvalue weighted by Crippen LogP contribution is -1.96. The van der Waals surface area contributed by atoms with Crippen molar-refractivity contribution in [2.24, 2.45) is 0 Å². The molecule has 74 valence electrons. The number of nitriles is 1. The summed E-state index contributed by atoms with van der Waals surface area (Å²) in [5.74, 6) is -0.564. The van der Waals surface area contributed by atoms with Crippen molar-refractivity contribution < 1.29 is 13.9 Å². The monoisotopic (exact) mass is 195 g/mol. The average molecular weight is 195 g/mol. The Labute approximate surface area is 81.7 Å². The standard InChI is InChI=1S/C10H10FNO2/c1-13-6-7-3-8(5-12)10(14-2)9(11)4-7/h3-4H,6H2,1-2H3. The fraction of sp³-hybridized carbons (Fsp3) is 0.300. The summed E-state index contributed by atoms with van der Waals surface area (Å²) in [6.07, 6.45) is 0. The Morgan fingerprint density at radius 3 is 2.64 bits per heavy atom. The lowest BCUT2D eigenvalue weighted by molar-refractivity contribution is 0.184. The summed E-state index contributed by atoms with van der Waals surface area (Å²) >= 11 is 0. The van der Waals surface area contributed by atoms with E-state index in [1.807, 2.05) is 6.07 Å². The predicted molar refractivity (Wildman–Crippen MR) is 48.4 cm³/mol. The summed E-state index contributed by atoms with van der Waals surface area (Å²) in [5.41, 5.74) is 0.793. The van der Waals surface area contributed by atoms with Gasteiger partial charge in [-0.15, -0.1) is 0 Å². The van der Waals surface area contributed by atoms with Crippen LogP contribution in [0, 0.1) is 17.1 Å². The van der Waals surface area contributed by atoms with Gasteiger partial charge in [-0.05, 0) is 17.7 Å². The van der Waals surface area contributed by atoms with Gasteiger partial charge in [0.1, 0.15) is 6.07 Å². The third kappa shape index (κ3) is 2.01. The molecule has 0 saturated heterocycles. The van der Waals surface area contributed by atoms with Crippen molar-refractivity contribution in [3.63, 3.8) is 0 Å². The van der Waals surface area contributed by atoms with Gasteiger partial charge in [-0.3, -0.25) is 0 Å². The molecule has 0 aliphatic heterocycles. The fourth-order valence-corrected chi connectivity index (χ4v) is 1.19. The first-order valence-electron chi connectivity index (χ1n) is 3.98. The van der Waals surface area contributed by atoms with Crippen LogP contribution in [0.25, 0.3) is 0 Å². The fourth-order valence-electron chi connectivity index (χ4n) is 1.19. The predicted octanol–water partition coefficient (Wildman–Crippen LogP) is 1.85. The van der Waals surface area contributed by atoms with Crippen LogP contribution in [0.15, 0.2) is 12.1 Å². The van der Waals surface area contributed by atoms with E-state index in [-0.39, 0.29) is 17.9 Å². The molecule has 1 aromatic rings. The largest absolute Gasteiger partial charge is 0.492 e. The van der Waals surface area contributed by atoms with E-state index in [0.717, 1.165) is 0 Å². The smallest absolute Gasteiger partial charge is 0.172 e. The topological polar surface area (TPSA) is 42.2 Å². The van der Waals surface area contributed by atoms with Crippen LogP contribution >= 0.6 is 0 Å². The minimum absolute atomic E-state index is 0.0210. The minimum Gasteiger partial charge on any atom is -0.492 e. The molecule has 0 fully saturated rings. The first kappa shape index (κ1) is 10.5. The SMILES string of the molecule is COCc1cc(F)c(OC)c(C#N)c1. The first-order valence-corrected chi connectivity index (χ1v) is 3.98. The molecule has 0 aliphatic rings. The Kier molecular flexibility index (Phi) is 3.43. The number of ether oxygens (including phenoxy) is 2. The molecule has 0 radical (unpaired) electrons. The van der Waals surface area contributed by atoms with E-state index in [1.165, 1.54) is 20.3 Å². The van der Waals surface area contributed by atoms with Crippen LogP contribution in [0.5, 0.6) is 5.75 Å². The van der Waals surface area contributed by atoms with Gasteiger partial charge in [0, 0.05) is 7.11 Å². The lowest BCUT2D eigenvalue weighted by Gasteiger charge is -2.06. The zero-order chi connectivity index (χ0) is 10.6. The van der Waals surface area contributed by atoms with Crippen LogP contribution in [-0.4, -0.2) is 14.2 Å². The van der Waals surface area contributed by atoms with E-state index in [4.69, 9.17) is 14.7 Å². The summed E-state index contributed by atoms with van der Waals surface area (Å²) in [5, 5.41) is 8.73. The van der Waals surface area contributed by atoms with Crippen LogP contribution in [0.2, 0.25) is 0 Å². The summed E-state index contributed by atoms with van der Waals surface area (Å²) in [6, 6.07) is 4.71. The summed E-state index contributed by atoms with van der Waals surface area (Å²) < 4.78 is 22.9. The van der Waals surface area contributed by atoms with Gasteiger partial charge >= 0.3 is 0 Å². The van der Waals surface area contributed by atoms with Gasteiger partial charge < -0.3 is 9.47 Å². The van der Waals surface area contributed by atoms with E-state index in [9.17, 15) is 4.39 Å². The van der Waals surface area contributed by atoms with Crippen LogP contribution < -0.4 is 4.74 Å². The maximum atomic E-state index is 13.3. The van der Waals surface area contributed by atoms with Crippen molar-refractivity contribution >= 4 is 0 Å². The van der Waals surface area contributed by atoms with Crippen LogP contribution in [0.1, 0.15) is 11.1 Å². The highest BCUT2D eigenvalue weighted by Crippen LogP contribution is 2.23. The van der Waals surface area contributed by atoms with E-state index >= 15 is 0 Å². The zero-order valence-electron chi connectivity index (χ0n) is 8.00. The van der Waals surface area contributed by atoms with Crippen molar-refractivity contribution in [1.29, 1.82) is 5.26 Å². The number of methoxy groups -OCH3 is 2. The van der Waals surface area contributed by atoms with Gasteiger partial charge in [0.05, 0.1) is 19.3 Å². The van der Waals surface area contributed by atoms with Crippen molar-refractivity contribution in [1.82, 2.24) is 0 Å². The van der Waals surface area contributed by atoms with Gasteiger partial charge in [0.15, 0.2) is 11.6 Å². The molecule has 0 bridgehead atoms. The number of nitrogens with zero attached hydrogens (tertiary/aromatic N) is 1. The number of hydrogen-bond acceptors (Lipinski definition) is 3. The molecule has 4 heteroatoms. The Bertz CT molecular complexity index is 371. The summed E-state index contributed by atoms with van der Waals surface area (Å²) in [7, 11) is 2.84. The molecule has 3 nitrogen and oxygen atoms in total. The Hall–Kier alpha value is -1.60. The molecule has 1 rings (SSSR count). The van der Waals surface area contributed by atoms with Gasteiger partial charge in [0.2, 0.25) is 0 Å². The second kappa shape index (κ2) is 4.58. The number of hydrogen-bond donors (Lipinski definition) is 0. The summed E-state index contributed by atoms with van der Waals surface area (Å²) in [4.78, 5) is 0. The van der Waals surface area contributed by atoms with Gasteiger partial charge in [-0.25, -0.2) is 4.39 Å².